The lowest BCUT2D eigenvalue weighted by Gasteiger charge is -2.22. The molecule has 0 spiro atoms. The van der Waals surface area contributed by atoms with Gasteiger partial charge in [0.25, 0.3) is 0 Å². The zero-order valence-corrected chi connectivity index (χ0v) is 55.8. The summed E-state index contributed by atoms with van der Waals surface area (Å²) in [4.78, 5) is 24.6. The minimum atomic E-state index is -0.663. The average Bonchev–Trinajstić information content (AvgIpc) is 3.48. The van der Waals surface area contributed by atoms with E-state index in [0.717, 1.165) is 44.9 Å². The number of carbonyl (C=O) groups is 2. The average molecular weight is 1160 g/mol. The molecule has 0 aliphatic heterocycles. The molecule has 0 heterocycles. The second-order valence-corrected chi connectivity index (χ2v) is 26.0. The zero-order chi connectivity index (χ0) is 59.2. The molecule has 0 aromatic heterocycles. The van der Waals surface area contributed by atoms with E-state index in [9.17, 15) is 19.8 Å². The molecule has 0 aliphatic carbocycles. The highest BCUT2D eigenvalue weighted by Gasteiger charge is 2.20. The first kappa shape index (κ1) is 80.3. The molecule has 0 rings (SSSR count). The van der Waals surface area contributed by atoms with Gasteiger partial charge in [0, 0.05) is 12.8 Å². The maximum absolute atomic E-state index is 12.5. The summed E-state index contributed by atoms with van der Waals surface area (Å²) in [7, 11) is 0. The molecule has 6 heteroatoms. The topological polar surface area (TPSA) is 95.9 Å². The van der Waals surface area contributed by atoms with Crippen molar-refractivity contribution in [3.8, 4) is 0 Å². The van der Waals surface area contributed by atoms with Crippen molar-refractivity contribution in [2.45, 2.75) is 437 Å². The van der Waals surface area contributed by atoms with Crippen molar-refractivity contribution in [2.24, 2.45) is 0 Å². The highest BCUT2D eigenvalue weighted by Crippen LogP contribution is 2.19. The maximum Gasteiger partial charge on any atom is 0.305 e. The molecule has 0 fully saturated rings. The van der Waals surface area contributed by atoms with E-state index in [0.29, 0.717) is 25.9 Å². The Balaban J connectivity index is 3.37. The molecular weight excluding hydrogens is 1010 g/mol. The number of carbonyl (C=O) groups excluding carboxylic acids is 2. The molecule has 2 atom stereocenters. The van der Waals surface area contributed by atoms with E-state index in [1.54, 1.807) is 0 Å². The van der Waals surface area contributed by atoms with E-state index in [1.165, 1.54) is 347 Å². The van der Waals surface area contributed by atoms with Crippen molar-refractivity contribution in [3.05, 3.63) is 24.3 Å². The minimum absolute atomic E-state index is 0.0165. The third-order valence-corrected chi connectivity index (χ3v) is 17.8. The molecule has 0 saturated heterocycles. The second-order valence-electron chi connectivity index (χ2n) is 26.0. The van der Waals surface area contributed by atoms with Crippen LogP contribution in [0.1, 0.15) is 425 Å². The van der Waals surface area contributed by atoms with Crippen LogP contribution in [-0.2, 0) is 14.3 Å². The monoisotopic (exact) mass is 1150 g/mol. The first-order valence-electron chi connectivity index (χ1n) is 37.6. The molecule has 486 valence electrons. The van der Waals surface area contributed by atoms with Gasteiger partial charge in [-0.3, -0.25) is 9.59 Å². The fourth-order valence-corrected chi connectivity index (χ4v) is 12.0. The number of aliphatic hydroxyl groups excluding tert-OH is 2. The van der Waals surface area contributed by atoms with E-state index < -0.39 is 12.1 Å². The lowest BCUT2D eigenvalue weighted by Crippen LogP contribution is -2.45. The SMILES string of the molecule is CCCCCCCCCCCCCCCCCCCCCC(O)C(CO)NC(=O)CCCCCCCCCCCCCCCCCCC/C=C\C/C=C\CCCCCCCCCCCOC(=O)CCCCCCCCCCCCCCC. The van der Waals surface area contributed by atoms with Gasteiger partial charge in [-0.25, -0.2) is 0 Å². The van der Waals surface area contributed by atoms with Crippen LogP contribution >= 0.6 is 0 Å². The van der Waals surface area contributed by atoms with Crippen molar-refractivity contribution in [3.63, 3.8) is 0 Å². The van der Waals surface area contributed by atoms with Gasteiger partial charge in [0.1, 0.15) is 0 Å². The minimum Gasteiger partial charge on any atom is -0.466 e. The van der Waals surface area contributed by atoms with Gasteiger partial charge in [-0.15, -0.1) is 0 Å². The molecular formula is C76H147NO5. The highest BCUT2D eigenvalue weighted by molar-refractivity contribution is 5.76. The van der Waals surface area contributed by atoms with Gasteiger partial charge < -0.3 is 20.3 Å². The molecule has 0 aromatic carbocycles. The van der Waals surface area contributed by atoms with Crippen LogP contribution in [0.3, 0.4) is 0 Å². The molecule has 82 heavy (non-hydrogen) atoms. The Morgan fingerprint density at radius 2 is 0.610 bits per heavy atom. The Labute approximate surface area is 513 Å². The summed E-state index contributed by atoms with van der Waals surface area (Å²) in [5.74, 6) is -0.0120. The molecule has 0 saturated carbocycles. The summed E-state index contributed by atoms with van der Waals surface area (Å²) >= 11 is 0. The number of esters is 1. The van der Waals surface area contributed by atoms with Crippen LogP contribution < -0.4 is 5.32 Å². The molecule has 1 amide bonds. The Bertz CT molecular complexity index is 1280. The molecule has 0 aliphatic rings. The molecule has 2 unspecified atom stereocenters. The van der Waals surface area contributed by atoms with Gasteiger partial charge in [-0.1, -0.05) is 378 Å². The fourth-order valence-electron chi connectivity index (χ4n) is 12.0. The third kappa shape index (κ3) is 67.5. The van der Waals surface area contributed by atoms with Crippen molar-refractivity contribution in [2.75, 3.05) is 13.2 Å². The van der Waals surface area contributed by atoms with E-state index in [2.05, 4.69) is 43.5 Å². The summed E-state index contributed by atoms with van der Waals surface area (Å²) in [6, 6.07) is -0.540. The van der Waals surface area contributed by atoms with Crippen LogP contribution in [-0.4, -0.2) is 47.4 Å². The molecule has 6 nitrogen and oxygen atoms in total. The molecule has 0 radical (unpaired) electrons. The number of unbranched alkanes of at least 4 members (excludes halogenated alkanes) is 56. The Morgan fingerprint density at radius 1 is 0.341 bits per heavy atom. The maximum atomic E-state index is 12.5. The number of rotatable bonds is 71. The highest BCUT2D eigenvalue weighted by atomic mass is 16.5. The molecule has 0 bridgehead atoms. The van der Waals surface area contributed by atoms with E-state index in [1.807, 2.05) is 0 Å². The first-order chi connectivity index (χ1) is 40.5. The third-order valence-electron chi connectivity index (χ3n) is 17.8. The predicted molar refractivity (Wildman–Crippen MR) is 361 cm³/mol. The lowest BCUT2D eigenvalue weighted by molar-refractivity contribution is -0.143. The van der Waals surface area contributed by atoms with Crippen LogP contribution in [0.25, 0.3) is 0 Å². The second kappa shape index (κ2) is 71.8. The standard InChI is InChI=1S/C76H147NO5/c1-3-5-7-9-11-13-15-17-18-19-35-38-41-45-48-52-56-60-64-68-74(79)73(72-78)77-75(80)69-65-61-57-53-49-46-42-39-36-33-31-29-27-25-23-21-20-22-24-26-28-30-32-34-37-40-43-47-51-55-59-63-67-71-82-76(81)70-66-62-58-54-50-44-16-14-12-10-8-6-4-2/h24,26,30,32,73-74,78-79H,3-23,25,27-29,31,33-72H2,1-2H3,(H,77,80)/b26-24-,32-30-. The van der Waals surface area contributed by atoms with Gasteiger partial charge in [0.2, 0.25) is 5.91 Å². The first-order valence-corrected chi connectivity index (χ1v) is 37.6. The van der Waals surface area contributed by atoms with Crippen LogP contribution in [0, 0.1) is 0 Å². The van der Waals surface area contributed by atoms with Gasteiger partial charge >= 0.3 is 5.97 Å². The van der Waals surface area contributed by atoms with Crippen molar-refractivity contribution < 1.29 is 24.5 Å². The number of nitrogens with one attached hydrogen (secondary N) is 1. The number of aliphatic hydroxyl groups is 2. The smallest absolute Gasteiger partial charge is 0.305 e. The summed E-state index contributed by atoms with van der Waals surface area (Å²) in [6.45, 7) is 5.00. The Hall–Kier alpha value is -1.66. The fraction of sp³-hybridized carbons (Fsp3) is 0.921. The number of amides is 1. The number of allylic oxidation sites excluding steroid dienone is 4. The van der Waals surface area contributed by atoms with E-state index in [-0.39, 0.29) is 18.5 Å². The van der Waals surface area contributed by atoms with Crippen molar-refractivity contribution in [1.82, 2.24) is 5.32 Å². The largest absolute Gasteiger partial charge is 0.466 e. The lowest BCUT2D eigenvalue weighted by atomic mass is 10.0. The van der Waals surface area contributed by atoms with Gasteiger partial charge in [-0.2, -0.15) is 0 Å². The predicted octanol–water partition coefficient (Wildman–Crippen LogP) is 24.5. The van der Waals surface area contributed by atoms with E-state index in [4.69, 9.17) is 4.74 Å². The summed E-state index contributed by atoms with van der Waals surface area (Å²) < 4.78 is 5.49. The van der Waals surface area contributed by atoms with E-state index >= 15 is 0 Å². The van der Waals surface area contributed by atoms with Crippen LogP contribution in [0.15, 0.2) is 24.3 Å². The Kier molecular flexibility index (Phi) is 70.4. The van der Waals surface area contributed by atoms with Crippen molar-refractivity contribution >= 4 is 11.9 Å². The van der Waals surface area contributed by atoms with Gasteiger partial charge in [0.05, 0.1) is 25.4 Å². The van der Waals surface area contributed by atoms with Crippen LogP contribution in [0.5, 0.6) is 0 Å². The Morgan fingerprint density at radius 3 is 0.927 bits per heavy atom. The zero-order valence-electron chi connectivity index (χ0n) is 55.8. The molecule has 3 N–H and O–H groups in total. The van der Waals surface area contributed by atoms with Gasteiger partial charge in [0.15, 0.2) is 0 Å². The number of hydrogen-bond donors (Lipinski definition) is 3. The quantitative estimate of drug-likeness (QED) is 0.0320. The summed E-state index contributed by atoms with van der Waals surface area (Å²) in [6.07, 6.45) is 91.1. The molecule has 0 aromatic rings. The number of hydrogen-bond acceptors (Lipinski definition) is 5. The number of ether oxygens (including phenoxy) is 1. The van der Waals surface area contributed by atoms with Crippen LogP contribution in [0.4, 0.5) is 0 Å². The summed E-state index contributed by atoms with van der Waals surface area (Å²) in [5.41, 5.74) is 0. The van der Waals surface area contributed by atoms with Crippen molar-refractivity contribution in [1.29, 1.82) is 0 Å². The van der Waals surface area contributed by atoms with Crippen LogP contribution in [0.2, 0.25) is 0 Å². The van der Waals surface area contributed by atoms with Gasteiger partial charge in [-0.05, 0) is 57.8 Å². The normalized spacial score (nSPS) is 12.6. The summed E-state index contributed by atoms with van der Waals surface area (Å²) in [5, 5.41) is 23.4.